The Labute approximate surface area is 153 Å². The van der Waals surface area contributed by atoms with Gasteiger partial charge in [0.25, 0.3) is 5.56 Å². The summed E-state index contributed by atoms with van der Waals surface area (Å²) in [6.07, 6.45) is 4.19. The molecule has 0 spiro atoms. The van der Waals surface area contributed by atoms with E-state index in [0.29, 0.717) is 19.0 Å². The zero-order valence-corrected chi connectivity index (χ0v) is 15.9. The highest BCUT2D eigenvalue weighted by Crippen LogP contribution is 2.18. The molecule has 1 aliphatic rings. The van der Waals surface area contributed by atoms with Crippen LogP contribution in [0.1, 0.15) is 23.9 Å². The Kier molecular flexibility index (Phi) is 5.73. The Hall–Kier alpha value is -2.19. The van der Waals surface area contributed by atoms with Gasteiger partial charge in [-0.1, -0.05) is 12.1 Å². The van der Waals surface area contributed by atoms with Crippen LogP contribution in [0.25, 0.3) is 0 Å². The molecule has 26 heavy (non-hydrogen) atoms. The summed E-state index contributed by atoms with van der Waals surface area (Å²) in [4.78, 5) is 20.7. The molecule has 1 saturated heterocycles. The zero-order chi connectivity index (χ0) is 18.7. The molecule has 142 valence electrons. The second-order valence-corrected chi connectivity index (χ2v) is 6.79. The van der Waals surface area contributed by atoms with Gasteiger partial charge in [-0.15, -0.1) is 0 Å². The minimum atomic E-state index is -0.102. The summed E-state index contributed by atoms with van der Waals surface area (Å²) in [6.45, 7) is 7.82. The highest BCUT2D eigenvalue weighted by atomic mass is 16.5. The molecule has 3 heterocycles. The van der Waals surface area contributed by atoms with Crippen molar-refractivity contribution in [2.45, 2.75) is 32.9 Å². The fourth-order valence-electron chi connectivity index (χ4n) is 3.31. The monoisotopic (exact) mass is 361 g/mol. The summed E-state index contributed by atoms with van der Waals surface area (Å²) in [5, 5.41) is 4.14. The molecule has 1 atom stereocenters. The number of anilines is 1. The van der Waals surface area contributed by atoms with E-state index in [-0.39, 0.29) is 11.7 Å². The van der Waals surface area contributed by atoms with Crippen molar-refractivity contribution in [3.8, 4) is 0 Å². The van der Waals surface area contributed by atoms with E-state index in [9.17, 15) is 4.79 Å². The van der Waals surface area contributed by atoms with Gasteiger partial charge in [-0.2, -0.15) is 0 Å². The van der Waals surface area contributed by atoms with E-state index in [1.807, 2.05) is 18.9 Å². The van der Waals surface area contributed by atoms with Gasteiger partial charge < -0.3 is 18.7 Å². The van der Waals surface area contributed by atoms with Gasteiger partial charge in [-0.25, -0.2) is 4.98 Å². The standard InChI is InChI=1S/C18H27N5O3/c1-5-16-15(13(2)26-20-16)12-23-8-9-25-14(11-23)10-22(4)17-18(24)21(3)7-6-19-17/h6-7,14H,5,8-12H2,1-4H3. The fourth-order valence-corrected chi connectivity index (χ4v) is 3.31. The van der Waals surface area contributed by atoms with Gasteiger partial charge in [0.05, 0.1) is 18.4 Å². The Bertz CT molecular complexity index is 800. The SMILES string of the molecule is CCc1noc(C)c1CN1CCOC(CN(C)c2nccn(C)c2=O)C1. The molecule has 8 nitrogen and oxygen atoms in total. The number of morpholine rings is 1. The largest absolute Gasteiger partial charge is 0.374 e. The maximum absolute atomic E-state index is 12.2. The van der Waals surface area contributed by atoms with Gasteiger partial charge in [0, 0.05) is 58.2 Å². The lowest BCUT2D eigenvalue weighted by atomic mass is 10.1. The van der Waals surface area contributed by atoms with E-state index >= 15 is 0 Å². The van der Waals surface area contributed by atoms with Gasteiger partial charge >= 0.3 is 0 Å². The summed E-state index contributed by atoms with van der Waals surface area (Å²) < 4.78 is 12.8. The average molecular weight is 361 g/mol. The number of hydrogen-bond acceptors (Lipinski definition) is 7. The molecule has 0 radical (unpaired) electrons. The summed E-state index contributed by atoms with van der Waals surface area (Å²) >= 11 is 0. The first-order chi connectivity index (χ1) is 12.5. The molecule has 0 aromatic carbocycles. The lowest BCUT2D eigenvalue weighted by molar-refractivity contribution is -0.0266. The molecule has 2 aromatic rings. The van der Waals surface area contributed by atoms with E-state index < -0.39 is 0 Å². The molecule has 0 amide bonds. The van der Waals surface area contributed by atoms with Crippen LogP contribution in [0, 0.1) is 6.92 Å². The van der Waals surface area contributed by atoms with Gasteiger partial charge in [0.2, 0.25) is 0 Å². The molecule has 2 aromatic heterocycles. The van der Waals surface area contributed by atoms with E-state index in [0.717, 1.165) is 37.5 Å². The van der Waals surface area contributed by atoms with Gasteiger partial charge in [0.15, 0.2) is 5.82 Å². The van der Waals surface area contributed by atoms with E-state index in [2.05, 4.69) is 22.0 Å². The van der Waals surface area contributed by atoms with Crippen molar-refractivity contribution in [2.75, 3.05) is 38.2 Å². The van der Waals surface area contributed by atoms with Crippen molar-refractivity contribution in [1.29, 1.82) is 0 Å². The molecule has 8 heteroatoms. The number of aromatic nitrogens is 3. The van der Waals surface area contributed by atoms with Crippen LogP contribution < -0.4 is 10.5 Å². The van der Waals surface area contributed by atoms with Crippen LogP contribution in [0.15, 0.2) is 21.7 Å². The Morgan fingerprint density at radius 1 is 1.42 bits per heavy atom. The molecule has 0 N–H and O–H groups in total. The molecule has 0 bridgehead atoms. The molecule has 0 aliphatic carbocycles. The Balaban J connectivity index is 1.64. The van der Waals surface area contributed by atoms with E-state index in [1.54, 1.807) is 19.4 Å². The third-order valence-corrected chi connectivity index (χ3v) is 4.84. The van der Waals surface area contributed by atoms with Crippen molar-refractivity contribution >= 4 is 5.82 Å². The molecular formula is C18H27N5O3. The summed E-state index contributed by atoms with van der Waals surface area (Å²) in [5.74, 6) is 1.33. The molecular weight excluding hydrogens is 334 g/mol. The zero-order valence-electron chi connectivity index (χ0n) is 15.9. The Morgan fingerprint density at radius 3 is 3.00 bits per heavy atom. The molecule has 3 rings (SSSR count). The van der Waals surface area contributed by atoms with E-state index in [1.165, 1.54) is 10.1 Å². The van der Waals surface area contributed by atoms with Crippen LogP contribution >= 0.6 is 0 Å². The van der Waals surface area contributed by atoms with Gasteiger partial charge in [-0.05, 0) is 13.3 Å². The highest BCUT2D eigenvalue weighted by molar-refractivity contribution is 5.34. The third kappa shape index (κ3) is 3.96. The topological polar surface area (TPSA) is 76.6 Å². The van der Waals surface area contributed by atoms with Crippen molar-refractivity contribution in [3.63, 3.8) is 0 Å². The number of rotatable bonds is 6. The number of hydrogen-bond donors (Lipinski definition) is 0. The number of nitrogens with zero attached hydrogens (tertiary/aromatic N) is 5. The van der Waals surface area contributed by atoms with Crippen LogP contribution in [-0.2, 0) is 24.8 Å². The van der Waals surface area contributed by atoms with Crippen LogP contribution in [-0.4, -0.2) is 59.0 Å². The second-order valence-electron chi connectivity index (χ2n) is 6.79. The lowest BCUT2D eigenvalue weighted by Crippen LogP contribution is -2.47. The van der Waals surface area contributed by atoms with Crippen molar-refractivity contribution in [3.05, 3.63) is 39.8 Å². The van der Waals surface area contributed by atoms with Crippen molar-refractivity contribution in [2.24, 2.45) is 7.05 Å². The quantitative estimate of drug-likeness (QED) is 0.759. The minimum absolute atomic E-state index is 0.0192. The van der Waals surface area contributed by atoms with Crippen molar-refractivity contribution < 1.29 is 9.26 Å². The van der Waals surface area contributed by atoms with Crippen molar-refractivity contribution in [1.82, 2.24) is 19.6 Å². The molecule has 1 fully saturated rings. The smallest absolute Gasteiger partial charge is 0.293 e. The molecule has 1 unspecified atom stereocenters. The molecule has 0 saturated carbocycles. The maximum atomic E-state index is 12.2. The summed E-state index contributed by atoms with van der Waals surface area (Å²) in [7, 11) is 3.61. The summed E-state index contributed by atoms with van der Waals surface area (Å²) in [6, 6.07) is 0. The second kappa shape index (κ2) is 8.01. The number of likely N-dealkylation sites (N-methyl/N-ethyl adjacent to an activating group) is 1. The normalized spacial score (nSPS) is 18.2. The lowest BCUT2D eigenvalue weighted by Gasteiger charge is -2.34. The molecule has 1 aliphatic heterocycles. The first-order valence-corrected chi connectivity index (χ1v) is 9.00. The first kappa shape index (κ1) is 18.6. The van der Waals surface area contributed by atoms with Gasteiger partial charge in [0.1, 0.15) is 5.76 Å². The first-order valence-electron chi connectivity index (χ1n) is 9.00. The predicted molar refractivity (Wildman–Crippen MR) is 98.4 cm³/mol. The fraction of sp³-hybridized carbons (Fsp3) is 0.611. The van der Waals surface area contributed by atoms with Crippen LogP contribution in [0.3, 0.4) is 0 Å². The number of ether oxygens (including phenoxy) is 1. The van der Waals surface area contributed by atoms with Crippen LogP contribution in [0.5, 0.6) is 0 Å². The summed E-state index contributed by atoms with van der Waals surface area (Å²) in [5.41, 5.74) is 2.11. The van der Waals surface area contributed by atoms with Gasteiger partial charge in [-0.3, -0.25) is 9.69 Å². The van der Waals surface area contributed by atoms with Crippen LogP contribution in [0.4, 0.5) is 5.82 Å². The maximum Gasteiger partial charge on any atom is 0.293 e. The average Bonchev–Trinajstić information content (AvgIpc) is 2.97. The predicted octanol–water partition coefficient (Wildman–Crippen LogP) is 0.976. The third-order valence-electron chi connectivity index (χ3n) is 4.84. The van der Waals surface area contributed by atoms with E-state index in [4.69, 9.17) is 9.26 Å². The number of aryl methyl sites for hydroxylation is 3. The minimum Gasteiger partial charge on any atom is -0.374 e. The highest BCUT2D eigenvalue weighted by Gasteiger charge is 2.25. The van der Waals surface area contributed by atoms with Crippen LogP contribution in [0.2, 0.25) is 0 Å². The Morgan fingerprint density at radius 2 is 2.23 bits per heavy atom.